The zero-order valence-corrected chi connectivity index (χ0v) is 9.54. The second-order valence-corrected chi connectivity index (χ2v) is 3.13. The lowest BCUT2D eigenvalue weighted by Gasteiger charge is -2.07. The Bertz CT molecular complexity index is 415. The summed E-state index contributed by atoms with van der Waals surface area (Å²) < 4.78 is 5.11. The molecule has 0 aliphatic carbocycles. The molecule has 3 heteroatoms. The number of rotatable bonds is 4. The van der Waals surface area contributed by atoms with Crippen molar-refractivity contribution in [1.82, 2.24) is 5.32 Å². The molecule has 1 amide bonds. The van der Waals surface area contributed by atoms with Gasteiger partial charge in [0.05, 0.1) is 12.7 Å². The molecular weight excluding hydrogens is 202 g/mol. The summed E-state index contributed by atoms with van der Waals surface area (Å²) in [6.45, 7) is 2.33. The molecule has 0 radical (unpaired) electrons. The van der Waals surface area contributed by atoms with Crippen LogP contribution in [0, 0.1) is 11.8 Å². The van der Waals surface area contributed by atoms with Crippen LogP contribution in [-0.4, -0.2) is 19.6 Å². The second-order valence-electron chi connectivity index (χ2n) is 3.13. The lowest BCUT2D eigenvalue weighted by Crippen LogP contribution is -2.24. The summed E-state index contributed by atoms with van der Waals surface area (Å²) in [4.78, 5) is 11.7. The largest absolute Gasteiger partial charge is 0.496 e. The van der Waals surface area contributed by atoms with E-state index in [1.165, 1.54) is 0 Å². The fourth-order valence-corrected chi connectivity index (χ4v) is 1.29. The van der Waals surface area contributed by atoms with Crippen LogP contribution >= 0.6 is 0 Å². The lowest BCUT2D eigenvalue weighted by atomic mass is 10.2. The molecule has 0 spiro atoms. The van der Waals surface area contributed by atoms with E-state index in [4.69, 9.17) is 4.74 Å². The number of hydrogen-bond donors (Lipinski definition) is 1. The maximum atomic E-state index is 11.7. The highest BCUT2D eigenvalue weighted by Gasteiger charge is 2.09. The molecule has 0 heterocycles. The average molecular weight is 217 g/mol. The van der Waals surface area contributed by atoms with Crippen molar-refractivity contribution in [2.45, 2.75) is 13.3 Å². The molecule has 0 unspecified atom stereocenters. The predicted octanol–water partition coefficient (Wildman–Crippen LogP) is 1.84. The fraction of sp³-hybridized carbons (Fsp3) is 0.308. The number of benzene rings is 1. The van der Waals surface area contributed by atoms with Crippen LogP contribution in [0.1, 0.15) is 23.7 Å². The summed E-state index contributed by atoms with van der Waals surface area (Å²) in [5, 5.41) is 2.79. The molecule has 0 saturated heterocycles. The highest BCUT2D eigenvalue weighted by molar-refractivity contribution is 5.96. The van der Waals surface area contributed by atoms with E-state index in [1.54, 1.807) is 26.2 Å². The van der Waals surface area contributed by atoms with E-state index in [-0.39, 0.29) is 5.91 Å². The topological polar surface area (TPSA) is 38.3 Å². The minimum Gasteiger partial charge on any atom is -0.496 e. The number of carbonyl (C=O) groups is 1. The molecule has 1 aromatic rings. The number of ether oxygens (including phenoxy) is 1. The van der Waals surface area contributed by atoms with Crippen molar-refractivity contribution in [3.05, 3.63) is 29.8 Å². The molecule has 0 atom stereocenters. The molecule has 16 heavy (non-hydrogen) atoms. The van der Waals surface area contributed by atoms with Gasteiger partial charge in [-0.1, -0.05) is 12.1 Å². The van der Waals surface area contributed by atoms with Crippen LogP contribution in [0.2, 0.25) is 0 Å². The summed E-state index contributed by atoms with van der Waals surface area (Å²) in [5.41, 5.74) is 0.550. The van der Waals surface area contributed by atoms with Gasteiger partial charge in [0, 0.05) is 13.0 Å². The molecule has 1 N–H and O–H groups in total. The Morgan fingerprint density at radius 2 is 2.19 bits per heavy atom. The van der Waals surface area contributed by atoms with Gasteiger partial charge in [0.25, 0.3) is 5.91 Å². The molecule has 0 aromatic heterocycles. The number of methoxy groups -OCH3 is 1. The van der Waals surface area contributed by atoms with Crippen LogP contribution in [0.3, 0.4) is 0 Å². The Morgan fingerprint density at radius 3 is 2.88 bits per heavy atom. The summed E-state index contributed by atoms with van der Waals surface area (Å²) in [7, 11) is 1.55. The van der Waals surface area contributed by atoms with Crippen LogP contribution in [0.25, 0.3) is 0 Å². The highest BCUT2D eigenvalue weighted by atomic mass is 16.5. The Labute approximate surface area is 95.8 Å². The van der Waals surface area contributed by atoms with Crippen molar-refractivity contribution in [2.75, 3.05) is 13.7 Å². The molecular formula is C13H15NO2. The van der Waals surface area contributed by atoms with Crippen molar-refractivity contribution < 1.29 is 9.53 Å². The lowest BCUT2D eigenvalue weighted by molar-refractivity contribution is 0.0951. The molecule has 1 aromatic carbocycles. The zero-order valence-electron chi connectivity index (χ0n) is 9.54. The number of para-hydroxylation sites is 1. The van der Waals surface area contributed by atoms with Crippen LogP contribution in [0.5, 0.6) is 5.75 Å². The maximum Gasteiger partial charge on any atom is 0.255 e. The number of hydrogen-bond acceptors (Lipinski definition) is 2. The van der Waals surface area contributed by atoms with E-state index in [1.807, 2.05) is 12.1 Å². The van der Waals surface area contributed by atoms with Gasteiger partial charge in [-0.15, -0.1) is 11.8 Å². The molecule has 3 nitrogen and oxygen atoms in total. The summed E-state index contributed by atoms with van der Waals surface area (Å²) >= 11 is 0. The van der Waals surface area contributed by atoms with Crippen molar-refractivity contribution in [3.8, 4) is 17.6 Å². The van der Waals surface area contributed by atoms with E-state index in [2.05, 4.69) is 17.2 Å². The van der Waals surface area contributed by atoms with Gasteiger partial charge in [0.2, 0.25) is 0 Å². The van der Waals surface area contributed by atoms with Crippen molar-refractivity contribution in [3.63, 3.8) is 0 Å². The first-order valence-corrected chi connectivity index (χ1v) is 5.10. The molecule has 0 bridgehead atoms. The van der Waals surface area contributed by atoms with Crippen molar-refractivity contribution >= 4 is 5.91 Å². The van der Waals surface area contributed by atoms with Crippen molar-refractivity contribution in [2.24, 2.45) is 0 Å². The summed E-state index contributed by atoms with van der Waals surface area (Å²) in [5.74, 6) is 6.12. The van der Waals surface area contributed by atoms with Crippen molar-refractivity contribution in [1.29, 1.82) is 0 Å². The number of carbonyl (C=O) groups excluding carboxylic acids is 1. The Hall–Kier alpha value is -1.95. The second kappa shape index (κ2) is 6.52. The van der Waals surface area contributed by atoms with E-state index >= 15 is 0 Å². The highest BCUT2D eigenvalue weighted by Crippen LogP contribution is 2.16. The van der Waals surface area contributed by atoms with Crippen LogP contribution < -0.4 is 10.1 Å². The van der Waals surface area contributed by atoms with Gasteiger partial charge >= 0.3 is 0 Å². The fourth-order valence-electron chi connectivity index (χ4n) is 1.29. The third kappa shape index (κ3) is 3.32. The van der Waals surface area contributed by atoms with Gasteiger partial charge in [-0.25, -0.2) is 0 Å². The Morgan fingerprint density at radius 1 is 1.44 bits per heavy atom. The third-order valence-electron chi connectivity index (χ3n) is 2.06. The van der Waals surface area contributed by atoms with Gasteiger partial charge < -0.3 is 10.1 Å². The maximum absolute atomic E-state index is 11.7. The first-order valence-electron chi connectivity index (χ1n) is 5.10. The standard InChI is InChI=1S/C13H15NO2/c1-3-4-7-10-14-13(15)11-8-5-6-9-12(11)16-2/h5-6,8-9H,7,10H2,1-2H3,(H,14,15). The van der Waals surface area contributed by atoms with Gasteiger partial charge in [-0.3, -0.25) is 4.79 Å². The van der Waals surface area contributed by atoms with E-state index in [0.717, 1.165) is 0 Å². The van der Waals surface area contributed by atoms with Gasteiger partial charge in [-0.2, -0.15) is 0 Å². The summed E-state index contributed by atoms with van der Waals surface area (Å²) in [6.07, 6.45) is 0.664. The van der Waals surface area contributed by atoms with Crippen LogP contribution in [0.15, 0.2) is 24.3 Å². The summed E-state index contributed by atoms with van der Waals surface area (Å²) in [6, 6.07) is 7.14. The predicted molar refractivity (Wildman–Crippen MR) is 63.4 cm³/mol. The Balaban J connectivity index is 2.61. The van der Waals surface area contributed by atoms with E-state index in [9.17, 15) is 4.79 Å². The minimum absolute atomic E-state index is 0.129. The molecule has 0 aliphatic heterocycles. The quantitative estimate of drug-likeness (QED) is 0.617. The van der Waals surface area contributed by atoms with Gasteiger partial charge in [0.15, 0.2) is 0 Å². The minimum atomic E-state index is -0.129. The van der Waals surface area contributed by atoms with Gasteiger partial charge in [-0.05, 0) is 19.1 Å². The zero-order chi connectivity index (χ0) is 11.8. The molecule has 1 rings (SSSR count). The smallest absolute Gasteiger partial charge is 0.255 e. The number of amides is 1. The normalized spacial score (nSPS) is 8.88. The van der Waals surface area contributed by atoms with E-state index in [0.29, 0.717) is 24.3 Å². The van der Waals surface area contributed by atoms with E-state index < -0.39 is 0 Å². The molecule has 84 valence electrons. The SMILES string of the molecule is CC#CCCNC(=O)c1ccccc1OC. The molecule has 0 aliphatic rings. The van der Waals surface area contributed by atoms with Crippen LogP contribution in [-0.2, 0) is 0 Å². The molecule has 0 saturated carbocycles. The first kappa shape index (κ1) is 12.1. The monoisotopic (exact) mass is 217 g/mol. The third-order valence-corrected chi connectivity index (χ3v) is 2.06. The van der Waals surface area contributed by atoms with Crippen LogP contribution in [0.4, 0.5) is 0 Å². The average Bonchev–Trinajstić information content (AvgIpc) is 2.34. The van der Waals surface area contributed by atoms with Gasteiger partial charge in [0.1, 0.15) is 5.75 Å². The Kier molecular flexibility index (Phi) is 4.94. The first-order chi connectivity index (χ1) is 7.79. The molecule has 0 fully saturated rings. The number of nitrogens with one attached hydrogen (secondary N) is 1.